The smallest absolute Gasteiger partial charge is 0.382 e. The van der Waals surface area contributed by atoms with Crippen molar-refractivity contribution in [3.8, 4) is 0 Å². The summed E-state index contributed by atoms with van der Waals surface area (Å²) in [5.74, 6) is 0.00573. The van der Waals surface area contributed by atoms with Crippen LogP contribution >= 0.6 is 7.75 Å². The van der Waals surface area contributed by atoms with E-state index in [1.54, 1.807) is 0 Å². The van der Waals surface area contributed by atoms with Crippen molar-refractivity contribution in [2.45, 2.75) is 49.2 Å². The first-order chi connectivity index (χ1) is 20.9. The van der Waals surface area contributed by atoms with Gasteiger partial charge in [0.05, 0.1) is 19.0 Å². The third-order valence-corrected chi connectivity index (χ3v) is 9.40. The molecule has 24 heteroatoms. The van der Waals surface area contributed by atoms with E-state index in [-0.39, 0.29) is 28.1 Å². The van der Waals surface area contributed by atoms with Crippen molar-refractivity contribution in [3.63, 3.8) is 0 Å². The number of nitrogens with one attached hydrogen (secondary N) is 3. The maximum absolute atomic E-state index is 15.9. The molecule has 6 N–H and O–H groups in total. The molecule has 0 aliphatic carbocycles. The highest BCUT2D eigenvalue weighted by atomic mass is 32.2. The van der Waals surface area contributed by atoms with E-state index in [4.69, 9.17) is 23.9 Å². The number of nitrogen functional groups attached to an aromatic ring is 1. The first-order valence-corrected chi connectivity index (χ1v) is 15.8. The number of nitrogens with two attached hydrogens (primary N) is 1. The normalized spacial score (nSPS) is 36.1. The van der Waals surface area contributed by atoms with E-state index >= 15 is 8.78 Å². The Morgan fingerprint density at radius 1 is 0.955 bits per heavy atom. The number of hydrogen-bond acceptors (Lipinski definition) is 14. The summed E-state index contributed by atoms with van der Waals surface area (Å²) < 4.78 is 96.7. The average Bonchev–Trinajstić information content (AvgIpc) is 3.73. The molecule has 3 fully saturated rings. The van der Waals surface area contributed by atoms with Gasteiger partial charge in [0.2, 0.25) is 0 Å². The van der Waals surface area contributed by atoms with E-state index in [0.29, 0.717) is 0 Å². The van der Waals surface area contributed by atoms with Crippen LogP contribution in [0.15, 0.2) is 30.1 Å². The van der Waals surface area contributed by atoms with E-state index in [1.807, 2.05) is 4.72 Å². The second-order valence-corrected chi connectivity index (χ2v) is 12.9. The zero-order chi connectivity index (χ0) is 31.0. The first kappa shape index (κ1) is 29.2. The van der Waals surface area contributed by atoms with Gasteiger partial charge in [0.15, 0.2) is 47.4 Å². The zero-order valence-electron chi connectivity index (χ0n) is 21.9. The molecule has 236 valence electrons. The lowest BCUT2D eigenvalue weighted by Crippen LogP contribution is -2.46. The zero-order valence-corrected chi connectivity index (χ0v) is 23.6. The van der Waals surface area contributed by atoms with Crippen LogP contribution in [0.1, 0.15) is 12.5 Å². The number of imidazole rings is 2. The van der Waals surface area contributed by atoms with Gasteiger partial charge < -0.3 is 25.1 Å². The number of rotatable bonds is 2. The molecule has 3 saturated heterocycles. The molecule has 7 rings (SSSR count). The highest BCUT2D eigenvalue weighted by Gasteiger charge is 2.53. The number of anilines is 1. The van der Waals surface area contributed by atoms with Crippen molar-refractivity contribution in [3.05, 3.63) is 35.7 Å². The predicted octanol–water partition coefficient (Wildman–Crippen LogP) is -1.68. The Bertz CT molecular complexity index is 1960. The van der Waals surface area contributed by atoms with Crippen molar-refractivity contribution in [2.24, 2.45) is 0 Å². The lowest BCUT2D eigenvalue weighted by atomic mass is 10.1. The third-order valence-electron chi connectivity index (χ3n) is 7.29. The van der Waals surface area contributed by atoms with Crippen LogP contribution in [-0.2, 0) is 33.0 Å². The summed E-state index contributed by atoms with van der Waals surface area (Å²) in [6, 6.07) is 0. The summed E-state index contributed by atoms with van der Waals surface area (Å²) in [4.78, 5) is 44.7. The van der Waals surface area contributed by atoms with Crippen molar-refractivity contribution < 1.29 is 44.8 Å². The van der Waals surface area contributed by atoms with Crippen LogP contribution in [0.5, 0.6) is 0 Å². The van der Waals surface area contributed by atoms with Gasteiger partial charge in [0.25, 0.3) is 5.56 Å². The van der Waals surface area contributed by atoms with Gasteiger partial charge in [0.1, 0.15) is 36.3 Å². The van der Waals surface area contributed by atoms with Gasteiger partial charge in [-0.3, -0.25) is 18.5 Å². The fourth-order valence-corrected chi connectivity index (χ4v) is 7.31. The van der Waals surface area contributed by atoms with E-state index in [1.165, 1.54) is 0 Å². The Hall–Kier alpha value is -3.54. The molecule has 4 aromatic heterocycles. The molecule has 1 unspecified atom stereocenters. The van der Waals surface area contributed by atoms with Crippen molar-refractivity contribution >= 4 is 46.2 Å². The summed E-state index contributed by atoms with van der Waals surface area (Å²) in [6.45, 7) is -1.41. The molecule has 0 spiro atoms. The molecule has 7 heterocycles. The van der Waals surface area contributed by atoms with Crippen molar-refractivity contribution in [1.82, 2.24) is 48.8 Å². The minimum Gasteiger partial charge on any atom is -0.382 e. The molecule has 3 aliphatic rings. The van der Waals surface area contributed by atoms with Gasteiger partial charge in [-0.15, -0.1) is 0 Å². The Morgan fingerprint density at radius 2 is 1.59 bits per heavy atom. The summed E-state index contributed by atoms with van der Waals surface area (Å²) in [7, 11) is -9.66. The highest BCUT2D eigenvalue weighted by Crippen LogP contribution is 2.46. The fourth-order valence-electron chi connectivity index (χ4n) is 5.28. The number of aromatic nitrogens is 8. The molecular formula is C20H22F2N11O9PS. The van der Waals surface area contributed by atoms with Crippen LogP contribution in [0.4, 0.5) is 14.6 Å². The van der Waals surface area contributed by atoms with Gasteiger partial charge in [-0.05, 0) is 0 Å². The quantitative estimate of drug-likeness (QED) is 0.150. The van der Waals surface area contributed by atoms with Crippen LogP contribution in [0.3, 0.4) is 0 Å². The van der Waals surface area contributed by atoms with Gasteiger partial charge in [-0.25, -0.2) is 47.5 Å². The van der Waals surface area contributed by atoms with E-state index in [9.17, 15) is 22.7 Å². The van der Waals surface area contributed by atoms with E-state index in [0.717, 1.165) is 34.4 Å². The molecule has 0 aromatic carbocycles. The van der Waals surface area contributed by atoms with Crippen molar-refractivity contribution in [2.75, 3.05) is 18.8 Å². The average molecular weight is 662 g/mol. The number of H-pyrrole nitrogens is 1. The lowest BCUT2D eigenvalue weighted by molar-refractivity contribution is -0.0228. The van der Waals surface area contributed by atoms with Crippen LogP contribution in [0.25, 0.3) is 22.3 Å². The molecule has 9 atom stereocenters. The molecule has 4 aromatic rings. The van der Waals surface area contributed by atoms with Gasteiger partial charge in [-0.2, -0.15) is 13.1 Å². The molecule has 3 aliphatic heterocycles. The van der Waals surface area contributed by atoms with Crippen LogP contribution in [0.2, 0.25) is 0 Å². The Morgan fingerprint density at radius 3 is 2.32 bits per heavy atom. The van der Waals surface area contributed by atoms with Crippen LogP contribution in [-0.4, -0.2) is 102 Å². The molecule has 0 bridgehead atoms. The fraction of sp³-hybridized carbons (Fsp3) is 0.500. The van der Waals surface area contributed by atoms with Gasteiger partial charge >= 0.3 is 18.1 Å². The molecular weight excluding hydrogens is 639 g/mol. The maximum atomic E-state index is 15.9. The van der Waals surface area contributed by atoms with E-state index in [2.05, 4.69) is 35.0 Å². The summed E-state index contributed by atoms with van der Waals surface area (Å²) in [5.41, 5.74) is 5.18. The summed E-state index contributed by atoms with van der Waals surface area (Å²) in [6.07, 6.45) is -9.77. The standard InChI is InChI=1S/C20H22F2N11O9PS/c21-9-13-8(40-19(9)32-5-28-11-15(23)24-3-25-16(11)32)2-31-44(37,38)42-14-7(1-30-43(35,36)41-13)39-20(10(14)22)33-6-29-12-17(33)26-4-27-18(12)34/h3-10,13-14,19-20,31H,1-2H2,(H2,23,24,25)(H,26,27,34)(H2,30,35,36)/t7-,8-,9-,10-,13-,14-,19-,20-/m1/s1. The summed E-state index contributed by atoms with van der Waals surface area (Å²) >= 11 is 0. The lowest BCUT2D eigenvalue weighted by Gasteiger charge is -2.26. The Balaban J connectivity index is 1.17. The number of aromatic amines is 1. The maximum Gasteiger partial charge on any atom is 0.403 e. The monoisotopic (exact) mass is 661 g/mol. The first-order valence-electron chi connectivity index (χ1n) is 12.8. The molecule has 20 nitrogen and oxygen atoms in total. The Kier molecular flexibility index (Phi) is 6.98. The minimum absolute atomic E-state index is 0.00573. The SMILES string of the molecule is Nc1ncnc2c1ncn2[C@@H]1O[C@@H]2CNS(=O)(=O)O[C@H]3[C@@H](F)[C@H](n4cnc5c(=O)[nH]cnc54)O[C@@H]3CNP(=O)(O)O[C@H]2[C@H]1F. The minimum atomic E-state index is -4.88. The van der Waals surface area contributed by atoms with Crippen LogP contribution < -0.4 is 21.1 Å². The predicted molar refractivity (Wildman–Crippen MR) is 140 cm³/mol. The number of nitrogens with zero attached hydrogens (tertiary/aromatic N) is 7. The molecule has 0 radical (unpaired) electrons. The Labute approximate surface area is 243 Å². The highest BCUT2D eigenvalue weighted by molar-refractivity contribution is 7.84. The summed E-state index contributed by atoms with van der Waals surface area (Å²) in [5, 5.41) is 2.16. The topological polar surface area (TPSA) is 266 Å². The van der Waals surface area contributed by atoms with Gasteiger partial charge in [0, 0.05) is 13.1 Å². The second kappa shape index (κ2) is 10.5. The largest absolute Gasteiger partial charge is 0.403 e. The molecule has 0 saturated carbocycles. The molecule has 44 heavy (non-hydrogen) atoms. The third kappa shape index (κ3) is 4.95. The second-order valence-electron chi connectivity index (χ2n) is 9.97. The van der Waals surface area contributed by atoms with Crippen LogP contribution in [0, 0.1) is 0 Å². The number of alkyl halides is 2. The van der Waals surface area contributed by atoms with E-state index < -0.39 is 85.9 Å². The van der Waals surface area contributed by atoms with Crippen molar-refractivity contribution in [1.29, 1.82) is 0 Å². The number of hydrogen-bond donors (Lipinski definition) is 5. The van der Waals surface area contributed by atoms with Gasteiger partial charge in [-0.1, -0.05) is 0 Å². The number of halogens is 2. The number of ether oxygens (including phenoxy) is 2. The molecule has 0 amide bonds. The number of fused-ring (bicyclic) bond motifs is 4.